The third kappa shape index (κ3) is 3.56. The molecule has 0 amide bonds. The Morgan fingerprint density at radius 2 is 2.29 bits per heavy atom. The Kier molecular flexibility index (Phi) is 4.87. The van der Waals surface area contributed by atoms with Crippen molar-refractivity contribution >= 4 is 29.1 Å². The summed E-state index contributed by atoms with van der Waals surface area (Å²) in [6.07, 6.45) is 3.77. The molecule has 0 saturated carbocycles. The summed E-state index contributed by atoms with van der Waals surface area (Å²) in [7, 11) is 0. The maximum absolute atomic E-state index is 10.7. The van der Waals surface area contributed by atoms with Crippen LogP contribution in [0.3, 0.4) is 0 Å². The number of nitro benzene ring substituents is 1. The normalized spacial score (nSPS) is 17.4. The van der Waals surface area contributed by atoms with Crippen molar-refractivity contribution in [1.29, 1.82) is 0 Å². The summed E-state index contributed by atoms with van der Waals surface area (Å²) in [5.41, 5.74) is 1.09. The third-order valence-electron chi connectivity index (χ3n) is 3.31. The van der Waals surface area contributed by atoms with E-state index in [2.05, 4.69) is 15.3 Å². The summed E-state index contributed by atoms with van der Waals surface area (Å²) in [6.45, 7) is 1.59. The van der Waals surface area contributed by atoms with Crippen molar-refractivity contribution < 1.29 is 9.66 Å². The Hall–Kier alpha value is -1.99. The van der Waals surface area contributed by atoms with Gasteiger partial charge in [-0.2, -0.15) is 0 Å². The number of nitro groups is 1. The second kappa shape index (κ2) is 6.64. The van der Waals surface area contributed by atoms with Gasteiger partial charge in [0.15, 0.2) is 0 Å². The van der Waals surface area contributed by atoms with Gasteiger partial charge in [0.1, 0.15) is 6.61 Å². The van der Waals surface area contributed by atoms with Gasteiger partial charge < -0.3 is 10.1 Å². The van der Waals surface area contributed by atoms with Crippen molar-refractivity contribution in [3.05, 3.63) is 34.5 Å². The predicted molar refractivity (Wildman–Crippen MR) is 80.0 cm³/mol. The van der Waals surface area contributed by atoms with Gasteiger partial charge in [-0.3, -0.25) is 10.1 Å². The van der Waals surface area contributed by atoms with Crippen molar-refractivity contribution in [2.75, 3.05) is 13.2 Å². The predicted octanol–water partition coefficient (Wildman–Crippen LogP) is 2.09. The van der Waals surface area contributed by atoms with Gasteiger partial charge in [0, 0.05) is 18.2 Å². The van der Waals surface area contributed by atoms with Gasteiger partial charge in [0.05, 0.1) is 22.2 Å². The van der Waals surface area contributed by atoms with Crippen LogP contribution in [-0.2, 0) is 0 Å². The first kappa shape index (κ1) is 15.4. The Balaban J connectivity index is 0.00000161. The molecule has 1 saturated heterocycles. The van der Waals surface area contributed by atoms with Crippen LogP contribution in [0, 0.1) is 10.1 Å². The average molecular weight is 311 g/mol. The fourth-order valence-corrected chi connectivity index (χ4v) is 2.25. The average Bonchev–Trinajstić information content (AvgIpc) is 2.97. The first-order valence-electron chi connectivity index (χ1n) is 6.50. The topological polar surface area (TPSA) is 90.2 Å². The van der Waals surface area contributed by atoms with E-state index in [1.807, 2.05) is 0 Å². The molecule has 21 heavy (non-hydrogen) atoms. The fourth-order valence-electron chi connectivity index (χ4n) is 2.25. The number of non-ortho nitro benzene ring substituents is 1. The molecule has 0 radical (unpaired) electrons. The SMILES string of the molecule is Cl.O=[N+]([O-])c1ccc2nc(OCC3CCCN3)cnc2c1. The quantitative estimate of drug-likeness (QED) is 0.687. The van der Waals surface area contributed by atoms with E-state index in [0.717, 1.165) is 13.0 Å². The lowest BCUT2D eigenvalue weighted by Gasteiger charge is -2.11. The first-order chi connectivity index (χ1) is 9.72. The van der Waals surface area contributed by atoms with Gasteiger partial charge in [0.25, 0.3) is 5.69 Å². The second-order valence-electron chi connectivity index (χ2n) is 4.74. The van der Waals surface area contributed by atoms with Crippen LogP contribution >= 0.6 is 12.4 Å². The van der Waals surface area contributed by atoms with E-state index >= 15 is 0 Å². The summed E-state index contributed by atoms with van der Waals surface area (Å²) in [5, 5.41) is 14.0. The van der Waals surface area contributed by atoms with Crippen molar-refractivity contribution in [2.45, 2.75) is 18.9 Å². The Morgan fingerprint density at radius 1 is 1.43 bits per heavy atom. The number of rotatable bonds is 4. The first-order valence-corrected chi connectivity index (χ1v) is 6.50. The van der Waals surface area contributed by atoms with Crippen LogP contribution < -0.4 is 10.1 Å². The van der Waals surface area contributed by atoms with E-state index < -0.39 is 4.92 Å². The summed E-state index contributed by atoms with van der Waals surface area (Å²) in [6, 6.07) is 4.77. The molecule has 1 aliphatic heterocycles. The van der Waals surface area contributed by atoms with Crippen LogP contribution in [-0.4, -0.2) is 34.1 Å². The van der Waals surface area contributed by atoms with Crippen molar-refractivity contribution in [2.24, 2.45) is 0 Å². The fraction of sp³-hybridized carbons (Fsp3) is 0.385. The molecule has 3 rings (SSSR count). The molecule has 112 valence electrons. The van der Waals surface area contributed by atoms with Crippen LogP contribution in [0.2, 0.25) is 0 Å². The molecule has 1 aromatic heterocycles. The van der Waals surface area contributed by atoms with Crippen LogP contribution in [0.4, 0.5) is 5.69 Å². The van der Waals surface area contributed by atoms with E-state index in [1.165, 1.54) is 24.8 Å². The zero-order valence-corrected chi connectivity index (χ0v) is 12.0. The smallest absolute Gasteiger partial charge is 0.271 e. The number of aromatic nitrogens is 2. The molecule has 1 unspecified atom stereocenters. The van der Waals surface area contributed by atoms with E-state index in [-0.39, 0.29) is 18.1 Å². The van der Waals surface area contributed by atoms with Gasteiger partial charge in [-0.15, -0.1) is 12.4 Å². The van der Waals surface area contributed by atoms with Crippen molar-refractivity contribution in [3.63, 3.8) is 0 Å². The number of fused-ring (bicyclic) bond motifs is 1. The molecule has 1 atom stereocenters. The molecular weight excluding hydrogens is 296 g/mol. The lowest BCUT2D eigenvalue weighted by Crippen LogP contribution is -2.28. The monoisotopic (exact) mass is 310 g/mol. The highest BCUT2D eigenvalue weighted by atomic mass is 35.5. The minimum Gasteiger partial charge on any atom is -0.475 e. The van der Waals surface area contributed by atoms with E-state index in [0.29, 0.717) is 29.6 Å². The van der Waals surface area contributed by atoms with Crippen LogP contribution in [0.1, 0.15) is 12.8 Å². The van der Waals surface area contributed by atoms with Crippen LogP contribution in [0.25, 0.3) is 11.0 Å². The van der Waals surface area contributed by atoms with Gasteiger partial charge >= 0.3 is 0 Å². The van der Waals surface area contributed by atoms with Gasteiger partial charge in [-0.05, 0) is 25.5 Å². The van der Waals surface area contributed by atoms with E-state index in [9.17, 15) is 10.1 Å². The number of hydrogen-bond donors (Lipinski definition) is 1. The van der Waals surface area contributed by atoms with E-state index in [4.69, 9.17) is 4.74 Å². The number of nitrogens with one attached hydrogen (secondary N) is 1. The van der Waals surface area contributed by atoms with Gasteiger partial charge in [-0.1, -0.05) is 0 Å². The van der Waals surface area contributed by atoms with E-state index in [1.54, 1.807) is 6.07 Å². The van der Waals surface area contributed by atoms with Gasteiger partial charge in [-0.25, -0.2) is 9.97 Å². The highest BCUT2D eigenvalue weighted by Gasteiger charge is 2.15. The summed E-state index contributed by atoms with van der Waals surface area (Å²) < 4.78 is 5.61. The van der Waals surface area contributed by atoms with Crippen molar-refractivity contribution in [3.8, 4) is 5.88 Å². The highest BCUT2D eigenvalue weighted by Crippen LogP contribution is 2.20. The summed E-state index contributed by atoms with van der Waals surface area (Å²) in [5.74, 6) is 0.444. The van der Waals surface area contributed by atoms with Crippen LogP contribution in [0.5, 0.6) is 5.88 Å². The molecule has 1 fully saturated rings. The number of ether oxygens (including phenoxy) is 1. The van der Waals surface area contributed by atoms with Gasteiger partial charge in [0.2, 0.25) is 5.88 Å². The molecular formula is C13H15ClN4O3. The molecule has 7 nitrogen and oxygen atoms in total. The Labute approximate surface area is 127 Å². The summed E-state index contributed by atoms with van der Waals surface area (Å²) in [4.78, 5) is 18.7. The molecule has 0 bridgehead atoms. The number of halogens is 1. The molecule has 1 aliphatic rings. The molecule has 1 N–H and O–H groups in total. The zero-order valence-electron chi connectivity index (χ0n) is 11.2. The Morgan fingerprint density at radius 3 is 3.00 bits per heavy atom. The maximum Gasteiger partial charge on any atom is 0.271 e. The van der Waals surface area contributed by atoms with Crippen LogP contribution in [0.15, 0.2) is 24.4 Å². The number of nitrogens with zero attached hydrogens (tertiary/aromatic N) is 3. The minimum atomic E-state index is -0.447. The summed E-state index contributed by atoms with van der Waals surface area (Å²) >= 11 is 0. The Bertz CT molecular complexity index is 646. The standard InChI is InChI=1S/C13H14N4O3.ClH/c18-17(19)10-3-4-11-12(6-10)15-7-13(16-11)20-8-9-2-1-5-14-9;/h3-4,6-7,9,14H,1-2,5,8H2;1H. The largest absolute Gasteiger partial charge is 0.475 e. The number of benzene rings is 1. The lowest BCUT2D eigenvalue weighted by atomic mass is 10.2. The van der Waals surface area contributed by atoms with Crippen molar-refractivity contribution in [1.82, 2.24) is 15.3 Å². The maximum atomic E-state index is 10.7. The minimum absolute atomic E-state index is 0. The molecule has 0 spiro atoms. The molecule has 2 heterocycles. The third-order valence-corrected chi connectivity index (χ3v) is 3.31. The molecule has 8 heteroatoms. The molecule has 1 aromatic carbocycles. The molecule has 2 aromatic rings. The molecule has 0 aliphatic carbocycles. The second-order valence-corrected chi connectivity index (χ2v) is 4.74. The zero-order chi connectivity index (χ0) is 13.9. The number of hydrogen-bond acceptors (Lipinski definition) is 6. The lowest BCUT2D eigenvalue weighted by molar-refractivity contribution is -0.384. The highest BCUT2D eigenvalue weighted by molar-refractivity contribution is 5.85.